The smallest absolute Gasteiger partial charge is 0.288 e. The molecule has 16 heavy (non-hydrogen) atoms. The van der Waals surface area contributed by atoms with E-state index in [2.05, 4.69) is 0 Å². The molecule has 90 valence electrons. The lowest BCUT2D eigenvalue weighted by molar-refractivity contribution is -0.384. The molecule has 2 N–H and O–H groups in total. The van der Waals surface area contributed by atoms with E-state index in [-0.39, 0.29) is 29.5 Å². The highest BCUT2D eigenvalue weighted by Crippen LogP contribution is 2.27. The zero-order valence-electron chi connectivity index (χ0n) is 8.23. The van der Waals surface area contributed by atoms with Crippen molar-refractivity contribution < 1.29 is 9.31 Å². The Labute approximate surface area is 103 Å². The zero-order chi connectivity index (χ0) is 11.4. The molecule has 1 aromatic carbocycles. The Bertz CT molecular complexity index is 377. The Balaban J connectivity index is 0.00000225. The van der Waals surface area contributed by atoms with E-state index in [4.69, 9.17) is 17.3 Å². The summed E-state index contributed by atoms with van der Waals surface area (Å²) in [7, 11) is 0. The zero-order valence-corrected chi connectivity index (χ0v) is 9.80. The van der Waals surface area contributed by atoms with Crippen molar-refractivity contribution in [3.8, 4) is 0 Å². The topological polar surface area (TPSA) is 69.2 Å². The van der Waals surface area contributed by atoms with Crippen LogP contribution in [-0.2, 0) is 0 Å². The fraction of sp³-hybridized carbons (Fsp3) is 0.333. The van der Waals surface area contributed by atoms with Crippen molar-refractivity contribution >= 4 is 29.7 Å². The van der Waals surface area contributed by atoms with E-state index in [0.717, 1.165) is 0 Å². The van der Waals surface area contributed by atoms with E-state index < -0.39 is 17.6 Å². The predicted octanol–water partition coefficient (Wildman–Crippen LogP) is 3.03. The summed E-state index contributed by atoms with van der Waals surface area (Å²) in [6, 6.07) is 3.71. The molecule has 0 aliphatic heterocycles. The number of halogens is 3. The minimum Gasteiger partial charge on any atom is -0.324 e. The summed E-state index contributed by atoms with van der Waals surface area (Å²) in [5, 5.41) is 10.6. The summed E-state index contributed by atoms with van der Waals surface area (Å²) < 4.78 is 12.0. The number of nitro benzene ring substituents is 1. The SMILES string of the molecule is Cl.N[C@H](CCF)c1ccc(Cl)c([N+](=O)[O-])c1. The van der Waals surface area contributed by atoms with Crippen molar-refractivity contribution in [2.75, 3.05) is 6.67 Å². The van der Waals surface area contributed by atoms with E-state index >= 15 is 0 Å². The van der Waals surface area contributed by atoms with Gasteiger partial charge in [0.25, 0.3) is 5.69 Å². The van der Waals surface area contributed by atoms with Crippen molar-refractivity contribution in [3.05, 3.63) is 38.9 Å². The molecule has 1 rings (SSSR count). The summed E-state index contributed by atoms with van der Waals surface area (Å²) in [5.41, 5.74) is 5.93. The lowest BCUT2D eigenvalue weighted by Crippen LogP contribution is -2.11. The standard InChI is InChI=1S/C9H10ClFN2O2.ClH/c10-7-2-1-6(8(12)3-4-11)5-9(7)13(14)15;/h1-2,5,8H,3-4,12H2;1H/t8-;/m1./s1. The quantitative estimate of drug-likeness (QED) is 0.674. The van der Waals surface area contributed by atoms with Gasteiger partial charge in [0.2, 0.25) is 0 Å². The number of alkyl halides is 1. The average Bonchev–Trinajstić information content (AvgIpc) is 2.18. The molecule has 0 fully saturated rings. The second kappa shape index (κ2) is 6.62. The van der Waals surface area contributed by atoms with Gasteiger partial charge in [-0.2, -0.15) is 0 Å². The molecule has 0 aliphatic carbocycles. The molecule has 1 aromatic rings. The second-order valence-corrected chi connectivity index (χ2v) is 3.46. The summed E-state index contributed by atoms with van der Waals surface area (Å²) in [6.07, 6.45) is 0.138. The van der Waals surface area contributed by atoms with Gasteiger partial charge in [0, 0.05) is 12.1 Å². The predicted molar refractivity (Wildman–Crippen MR) is 62.9 cm³/mol. The Morgan fingerprint density at radius 2 is 2.19 bits per heavy atom. The van der Waals surface area contributed by atoms with Gasteiger partial charge in [0.1, 0.15) is 5.02 Å². The fourth-order valence-electron chi connectivity index (χ4n) is 1.18. The number of nitrogens with two attached hydrogens (primary N) is 1. The minimum absolute atomic E-state index is 0. The molecule has 4 nitrogen and oxygen atoms in total. The molecule has 0 amide bonds. The third-order valence-corrected chi connectivity index (χ3v) is 2.33. The van der Waals surface area contributed by atoms with Gasteiger partial charge >= 0.3 is 0 Å². The van der Waals surface area contributed by atoms with E-state index in [1.165, 1.54) is 12.1 Å². The molecular formula is C9H11Cl2FN2O2. The second-order valence-electron chi connectivity index (χ2n) is 3.05. The van der Waals surface area contributed by atoms with Crippen LogP contribution in [0.1, 0.15) is 18.0 Å². The largest absolute Gasteiger partial charge is 0.324 e. The first-order valence-electron chi connectivity index (χ1n) is 4.31. The molecular weight excluding hydrogens is 258 g/mol. The number of hydrogen-bond donors (Lipinski definition) is 1. The molecule has 1 atom stereocenters. The Hall–Kier alpha value is -0.910. The summed E-state index contributed by atoms with van der Waals surface area (Å²) in [4.78, 5) is 9.97. The maximum Gasteiger partial charge on any atom is 0.288 e. The monoisotopic (exact) mass is 268 g/mol. The van der Waals surface area contributed by atoms with Crippen LogP contribution >= 0.6 is 24.0 Å². The van der Waals surface area contributed by atoms with E-state index in [1.54, 1.807) is 6.07 Å². The molecule has 0 aromatic heterocycles. The van der Waals surface area contributed by atoms with E-state index in [9.17, 15) is 14.5 Å². The van der Waals surface area contributed by atoms with Crippen LogP contribution in [0, 0.1) is 10.1 Å². The molecule has 0 spiro atoms. The first-order chi connectivity index (χ1) is 7.06. The molecule has 0 saturated heterocycles. The highest BCUT2D eigenvalue weighted by atomic mass is 35.5. The Morgan fingerprint density at radius 1 is 1.56 bits per heavy atom. The van der Waals surface area contributed by atoms with Crippen LogP contribution in [0.4, 0.5) is 10.1 Å². The van der Waals surface area contributed by atoms with Gasteiger partial charge in [0.15, 0.2) is 0 Å². The normalized spacial score (nSPS) is 11.7. The molecule has 0 radical (unpaired) electrons. The van der Waals surface area contributed by atoms with Crippen LogP contribution in [0.25, 0.3) is 0 Å². The van der Waals surface area contributed by atoms with Gasteiger partial charge in [-0.15, -0.1) is 12.4 Å². The highest BCUT2D eigenvalue weighted by molar-refractivity contribution is 6.32. The molecule has 0 heterocycles. The average molecular weight is 269 g/mol. The number of nitro groups is 1. The van der Waals surface area contributed by atoms with Gasteiger partial charge in [-0.05, 0) is 18.1 Å². The maximum absolute atomic E-state index is 12.0. The van der Waals surface area contributed by atoms with Crippen LogP contribution in [0.15, 0.2) is 18.2 Å². The van der Waals surface area contributed by atoms with E-state index in [0.29, 0.717) is 5.56 Å². The van der Waals surface area contributed by atoms with Crippen LogP contribution in [0.5, 0.6) is 0 Å². The maximum atomic E-state index is 12.0. The third kappa shape index (κ3) is 3.59. The summed E-state index contributed by atoms with van der Waals surface area (Å²) in [5.74, 6) is 0. The third-order valence-electron chi connectivity index (χ3n) is 2.02. The lowest BCUT2D eigenvalue weighted by Gasteiger charge is -2.09. The minimum atomic E-state index is -0.589. The van der Waals surface area contributed by atoms with E-state index in [1.807, 2.05) is 0 Å². The van der Waals surface area contributed by atoms with Crippen LogP contribution in [0.3, 0.4) is 0 Å². The lowest BCUT2D eigenvalue weighted by atomic mass is 10.0. The Morgan fingerprint density at radius 3 is 2.69 bits per heavy atom. The van der Waals surface area contributed by atoms with Gasteiger partial charge in [-0.25, -0.2) is 0 Å². The Kier molecular flexibility index (Phi) is 6.25. The van der Waals surface area contributed by atoms with Gasteiger partial charge in [-0.3, -0.25) is 14.5 Å². The molecule has 0 saturated carbocycles. The van der Waals surface area contributed by atoms with Crippen LogP contribution < -0.4 is 5.73 Å². The van der Waals surface area contributed by atoms with Crippen molar-refractivity contribution in [2.45, 2.75) is 12.5 Å². The first-order valence-corrected chi connectivity index (χ1v) is 4.69. The number of rotatable bonds is 4. The number of nitrogens with zero attached hydrogens (tertiary/aromatic N) is 1. The van der Waals surface area contributed by atoms with Crippen molar-refractivity contribution in [2.24, 2.45) is 5.73 Å². The van der Waals surface area contributed by atoms with Crippen LogP contribution in [-0.4, -0.2) is 11.6 Å². The highest BCUT2D eigenvalue weighted by Gasteiger charge is 2.15. The van der Waals surface area contributed by atoms with Gasteiger partial charge in [-0.1, -0.05) is 17.7 Å². The molecule has 0 bridgehead atoms. The van der Waals surface area contributed by atoms with Crippen molar-refractivity contribution in [3.63, 3.8) is 0 Å². The van der Waals surface area contributed by atoms with Gasteiger partial charge in [0.05, 0.1) is 11.6 Å². The molecule has 7 heteroatoms. The van der Waals surface area contributed by atoms with Crippen molar-refractivity contribution in [1.82, 2.24) is 0 Å². The van der Waals surface area contributed by atoms with Crippen LogP contribution in [0.2, 0.25) is 5.02 Å². The number of hydrogen-bond acceptors (Lipinski definition) is 3. The van der Waals surface area contributed by atoms with Gasteiger partial charge < -0.3 is 5.73 Å². The summed E-state index contributed by atoms with van der Waals surface area (Å²) in [6.45, 7) is -0.558. The van der Waals surface area contributed by atoms with Crippen molar-refractivity contribution in [1.29, 1.82) is 0 Å². The summed E-state index contributed by atoms with van der Waals surface area (Å²) >= 11 is 5.62. The number of benzene rings is 1. The molecule has 0 unspecified atom stereocenters. The first kappa shape index (κ1) is 15.1. The fourth-order valence-corrected chi connectivity index (χ4v) is 1.37. The molecule has 0 aliphatic rings.